The summed E-state index contributed by atoms with van der Waals surface area (Å²) in [4.78, 5) is 1.09. The highest BCUT2D eigenvalue weighted by atomic mass is 79.9. The molecule has 0 atom stereocenters. The van der Waals surface area contributed by atoms with Crippen LogP contribution in [0.15, 0.2) is 74.1 Å². The molecule has 0 radical (unpaired) electrons. The van der Waals surface area contributed by atoms with Crippen molar-refractivity contribution in [3.8, 4) is 11.3 Å². The summed E-state index contributed by atoms with van der Waals surface area (Å²) in [5.74, 6) is 0. The minimum absolute atomic E-state index is 0.797. The molecule has 0 fully saturated rings. The normalized spacial score (nSPS) is 11.2. The van der Waals surface area contributed by atoms with Crippen LogP contribution in [0.5, 0.6) is 0 Å². The maximum absolute atomic E-state index is 9.04. The summed E-state index contributed by atoms with van der Waals surface area (Å²) < 4.78 is 2.85. The first-order valence-corrected chi connectivity index (χ1v) is 8.53. The van der Waals surface area contributed by atoms with Crippen molar-refractivity contribution < 1.29 is 5.21 Å². The summed E-state index contributed by atoms with van der Waals surface area (Å²) in [6.07, 6.45) is 1.44. The molecule has 0 aliphatic rings. The minimum Gasteiger partial charge on any atom is -0.411 e. The van der Waals surface area contributed by atoms with Crippen LogP contribution in [0.2, 0.25) is 0 Å². The molecule has 0 aliphatic heterocycles. The van der Waals surface area contributed by atoms with Crippen molar-refractivity contribution in [3.63, 3.8) is 0 Å². The second kappa shape index (κ2) is 7.02. The molecular weight excluding hydrogens is 374 g/mol. The first-order chi connectivity index (χ1) is 11.2. The molecule has 0 aliphatic carbocycles. The average Bonchev–Trinajstić information content (AvgIpc) is 2.87. The SMILES string of the molecule is Cn1nc(-c2ccccc2)c(C=NO)c1Sc1ccc(Br)cc1. The van der Waals surface area contributed by atoms with Gasteiger partial charge >= 0.3 is 0 Å². The van der Waals surface area contributed by atoms with Gasteiger partial charge < -0.3 is 5.21 Å². The number of oxime groups is 1. The van der Waals surface area contributed by atoms with E-state index in [-0.39, 0.29) is 0 Å². The monoisotopic (exact) mass is 387 g/mol. The van der Waals surface area contributed by atoms with Crippen LogP contribution < -0.4 is 0 Å². The van der Waals surface area contributed by atoms with Gasteiger partial charge in [0.15, 0.2) is 0 Å². The van der Waals surface area contributed by atoms with Gasteiger partial charge in [-0.2, -0.15) is 5.10 Å². The van der Waals surface area contributed by atoms with E-state index in [0.717, 1.165) is 31.2 Å². The van der Waals surface area contributed by atoms with E-state index in [2.05, 4.69) is 26.2 Å². The number of aryl methyl sites for hydroxylation is 1. The average molecular weight is 388 g/mol. The van der Waals surface area contributed by atoms with Crippen LogP contribution in [-0.4, -0.2) is 21.2 Å². The molecule has 4 nitrogen and oxygen atoms in total. The number of hydrogen-bond acceptors (Lipinski definition) is 4. The fourth-order valence-corrected chi connectivity index (χ4v) is 3.44. The number of hydrogen-bond donors (Lipinski definition) is 1. The summed E-state index contributed by atoms with van der Waals surface area (Å²) in [5, 5.41) is 17.8. The molecule has 1 N–H and O–H groups in total. The van der Waals surface area contributed by atoms with Crippen LogP contribution >= 0.6 is 27.7 Å². The Kier molecular flexibility index (Phi) is 4.83. The molecule has 6 heteroatoms. The predicted octanol–water partition coefficient (Wildman–Crippen LogP) is 4.81. The lowest BCUT2D eigenvalue weighted by Crippen LogP contribution is -1.93. The Bertz CT molecular complexity index is 829. The van der Waals surface area contributed by atoms with Gasteiger partial charge in [-0.1, -0.05) is 63.2 Å². The summed E-state index contributed by atoms with van der Waals surface area (Å²) in [7, 11) is 1.89. The summed E-state index contributed by atoms with van der Waals surface area (Å²) in [6, 6.07) is 17.9. The molecule has 0 bridgehead atoms. The van der Waals surface area contributed by atoms with Crippen LogP contribution in [0, 0.1) is 0 Å². The molecule has 2 aromatic carbocycles. The molecule has 23 heavy (non-hydrogen) atoms. The zero-order chi connectivity index (χ0) is 16.2. The van der Waals surface area contributed by atoms with Crippen LogP contribution in [0.4, 0.5) is 0 Å². The third kappa shape index (κ3) is 3.48. The standard InChI is InChI=1S/C17H14BrN3OS/c1-21-17(23-14-9-7-13(18)8-10-14)15(11-19-22)16(20-21)12-5-3-2-4-6-12/h2-11,22H,1H3. The predicted molar refractivity (Wildman–Crippen MR) is 96.3 cm³/mol. The Hall–Kier alpha value is -2.05. The highest BCUT2D eigenvalue weighted by molar-refractivity contribution is 9.10. The van der Waals surface area contributed by atoms with E-state index in [1.54, 1.807) is 11.8 Å². The van der Waals surface area contributed by atoms with Crippen molar-refractivity contribution in [3.05, 3.63) is 64.6 Å². The number of halogens is 1. The largest absolute Gasteiger partial charge is 0.411 e. The molecule has 1 aromatic heterocycles. The van der Waals surface area contributed by atoms with E-state index in [1.807, 2.05) is 66.3 Å². The molecule has 1 heterocycles. The molecule has 0 amide bonds. The summed E-state index contributed by atoms with van der Waals surface area (Å²) >= 11 is 5.02. The van der Waals surface area contributed by atoms with Gasteiger partial charge in [0.2, 0.25) is 0 Å². The Morgan fingerprint density at radius 2 is 1.83 bits per heavy atom. The van der Waals surface area contributed by atoms with Crippen LogP contribution in [-0.2, 0) is 7.05 Å². The second-order valence-corrected chi connectivity index (χ2v) is 6.84. The molecule has 0 saturated carbocycles. The fraction of sp³-hybridized carbons (Fsp3) is 0.0588. The van der Waals surface area contributed by atoms with E-state index < -0.39 is 0 Å². The highest BCUT2D eigenvalue weighted by Crippen LogP contribution is 2.35. The van der Waals surface area contributed by atoms with Gasteiger partial charge in [0.25, 0.3) is 0 Å². The van der Waals surface area contributed by atoms with Gasteiger partial charge in [0.1, 0.15) is 10.7 Å². The molecule has 0 unspecified atom stereocenters. The first-order valence-electron chi connectivity index (χ1n) is 6.92. The number of nitrogens with zero attached hydrogens (tertiary/aromatic N) is 3. The van der Waals surface area contributed by atoms with Gasteiger partial charge in [-0.15, -0.1) is 0 Å². The van der Waals surface area contributed by atoms with Crippen LogP contribution in [0.3, 0.4) is 0 Å². The van der Waals surface area contributed by atoms with Gasteiger partial charge in [-0.3, -0.25) is 4.68 Å². The van der Waals surface area contributed by atoms with Crippen molar-refractivity contribution in [2.75, 3.05) is 0 Å². The molecule has 0 saturated heterocycles. The van der Waals surface area contributed by atoms with E-state index in [9.17, 15) is 0 Å². The lowest BCUT2D eigenvalue weighted by atomic mass is 10.1. The molecule has 116 valence electrons. The zero-order valence-electron chi connectivity index (χ0n) is 12.3. The van der Waals surface area contributed by atoms with Crippen LogP contribution in [0.25, 0.3) is 11.3 Å². The van der Waals surface area contributed by atoms with Crippen molar-refractivity contribution >= 4 is 33.9 Å². The van der Waals surface area contributed by atoms with E-state index in [4.69, 9.17) is 5.21 Å². The van der Waals surface area contributed by atoms with Crippen molar-refractivity contribution in [1.29, 1.82) is 0 Å². The lowest BCUT2D eigenvalue weighted by Gasteiger charge is -2.04. The highest BCUT2D eigenvalue weighted by Gasteiger charge is 2.17. The van der Waals surface area contributed by atoms with Gasteiger partial charge in [0, 0.05) is 22.0 Å². The molecule has 3 rings (SSSR count). The third-order valence-electron chi connectivity index (χ3n) is 3.29. The maximum Gasteiger partial charge on any atom is 0.108 e. The third-order valence-corrected chi connectivity index (χ3v) is 5.01. The smallest absolute Gasteiger partial charge is 0.108 e. The molecule has 0 spiro atoms. The first kappa shape index (κ1) is 15.8. The molecule has 3 aromatic rings. The topological polar surface area (TPSA) is 50.4 Å². The fourth-order valence-electron chi connectivity index (χ4n) is 2.24. The zero-order valence-corrected chi connectivity index (χ0v) is 14.8. The van der Waals surface area contributed by atoms with E-state index in [0.29, 0.717) is 0 Å². The Balaban J connectivity index is 2.06. The second-order valence-electron chi connectivity index (χ2n) is 4.86. The summed E-state index contributed by atoms with van der Waals surface area (Å²) in [6.45, 7) is 0. The van der Waals surface area contributed by atoms with Gasteiger partial charge in [0.05, 0.1) is 11.8 Å². The van der Waals surface area contributed by atoms with Gasteiger partial charge in [-0.25, -0.2) is 0 Å². The van der Waals surface area contributed by atoms with Crippen LogP contribution in [0.1, 0.15) is 5.56 Å². The van der Waals surface area contributed by atoms with Gasteiger partial charge in [-0.05, 0) is 24.3 Å². The van der Waals surface area contributed by atoms with E-state index in [1.165, 1.54) is 6.21 Å². The number of rotatable bonds is 4. The van der Waals surface area contributed by atoms with Crippen molar-refractivity contribution in [2.24, 2.45) is 12.2 Å². The minimum atomic E-state index is 0.797. The Labute approximate surface area is 147 Å². The number of benzene rings is 2. The maximum atomic E-state index is 9.04. The van der Waals surface area contributed by atoms with Crippen molar-refractivity contribution in [1.82, 2.24) is 9.78 Å². The Morgan fingerprint density at radius 3 is 2.48 bits per heavy atom. The van der Waals surface area contributed by atoms with Crippen molar-refractivity contribution in [2.45, 2.75) is 9.92 Å². The quantitative estimate of drug-likeness (QED) is 0.397. The Morgan fingerprint density at radius 1 is 1.13 bits per heavy atom. The van der Waals surface area contributed by atoms with E-state index >= 15 is 0 Å². The lowest BCUT2D eigenvalue weighted by molar-refractivity contribution is 0.321. The molecular formula is C17H14BrN3OS. The summed E-state index contributed by atoms with van der Waals surface area (Å²) in [5.41, 5.74) is 2.58. The number of aromatic nitrogens is 2.